The van der Waals surface area contributed by atoms with Gasteiger partial charge in [-0.25, -0.2) is 13.1 Å². The molecular weight excluding hydrogens is 248 g/mol. The van der Waals surface area contributed by atoms with E-state index in [0.717, 1.165) is 19.3 Å². The van der Waals surface area contributed by atoms with Gasteiger partial charge in [0.1, 0.15) is 4.90 Å². The summed E-state index contributed by atoms with van der Waals surface area (Å²) in [4.78, 5) is 0.0565. The molecule has 0 radical (unpaired) electrons. The summed E-state index contributed by atoms with van der Waals surface area (Å²) in [5.41, 5.74) is 5.94. The van der Waals surface area contributed by atoms with Crippen LogP contribution in [0.2, 0.25) is 5.02 Å². The molecule has 1 aromatic carbocycles. The Bertz CT molecular complexity index is 498. The number of rotatable bonds is 3. The predicted octanol–water partition coefficient (Wildman–Crippen LogP) is 1.75. The summed E-state index contributed by atoms with van der Waals surface area (Å²) >= 11 is 5.85. The standard InChI is InChI=1S/C10H13ClN2O2S/c11-9-5-4-7(12)6-10(9)16(14,15)13-8-2-1-3-8/h4-6,8,13H,1-3,12H2. The minimum atomic E-state index is -3.54. The Morgan fingerprint density at radius 3 is 2.62 bits per heavy atom. The molecule has 0 saturated heterocycles. The van der Waals surface area contributed by atoms with Crippen LogP contribution in [0.25, 0.3) is 0 Å². The van der Waals surface area contributed by atoms with Gasteiger partial charge in [0.25, 0.3) is 0 Å². The highest BCUT2D eigenvalue weighted by Crippen LogP contribution is 2.26. The van der Waals surface area contributed by atoms with Crippen LogP contribution in [0.15, 0.2) is 23.1 Å². The summed E-state index contributed by atoms with van der Waals surface area (Å²) in [6, 6.07) is 4.49. The minimum absolute atomic E-state index is 0.0440. The Morgan fingerprint density at radius 1 is 1.38 bits per heavy atom. The van der Waals surface area contributed by atoms with Crippen LogP contribution < -0.4 is 10.5 Å². The SMILES string of the molecule is Nc1ccc(Cl)c(S(=O)(=O)NC2CCC2)c1. The van der Waals surface area contributed by atoms with E-state index < -0.39 is 10.0 Å². The number of benzene rings is 1. The van der Waals surface area contributed by atoms with Crippen LogP contribution in [0.1, 0.15) is 19.3 Å². The molecule has 4 nitrogen and oxygen atoms in total. The van der Waals surface area contributed by atoms with E-state index in [4.69, 9.17) is 17.3 Å². The summed E-state index contributed by atoms with van der Waals surface area (Å²) in [5.74, 6) is 0. The van der Waals surface area contributed by atoms with Crippen LogP contribution in [-0.2, 0) is 10.0 Å². The molecule has 6 heteroatoms. The lowest BCUT2D eigenvalue weighted by molar-refractivity contribution is 0.383. The highest BCUT2D eigenvalue weighted by atomic mass is 35.5. The highest BCUT2D eigenvalue weighted by Gasteiger charge is 2.26. The second kappa shape index (κ2) is 4.24. The van der Waals surface area contributed by atoms with E-state index in [-0.39, 0.29) is 16.0 Å². The Balaban J connectivity index is 2.30. The number of hydrogen-bond acceptors (Lipinski definition) is 3. The zero-order chi connectivity index (χ0) is 11.8. The van der Waals surface area contributed by atoms with Gasteiger partial charge in [-0.1, -0.05) is 18.0 Å². The lowest BCUT2D eigenvalue weighted by Gasteiger charge is -2.26. The molecule has 16 heavy (non-hydrogen) atoms. The molecule has 0 unspecified atom stereocenters. The van der Waals surface area contributed by atoms with Crippen molar-refractivity contribution in [3.05, 3.63) is 23.2 Å². The number of nitrogens with one attached hydrogen (secondary N) is 1. The van der Waals surface area contributed by atoms with Crippen molar-refractivity contribution in [3.8, 4) is 0 Å². The molecule has 1 aliphatic carbocycles. The fourth-order valence-electron chi connectivity index (χ4n) is 1.53. The average Bonchev–Trinajstić information content (AvgIpc) is 2.16. The van der Waals surface area contributed by atoms with Gasteiger partial charge < -0.3 is 5.73 Å². The summed E-state index contributed by atoms with van der Waals surface area (Å²) in [5, 5.41) is 0.195. The van der Waals surface area contributed by atoms with Crippen molar-refractivity contribution in [2.45, 2.75) is 30.2 Å². The maximum atomic E-state index is 12.0. The van der Waals surface area contributed by atoms with Gasteiger partial charge in [0.15, 0.2) is 0 Å². The van der Waals surface area contributed by atoms with Crippen molar-refractivity contribution in [1.82, 2.24) is 4.72 Å². The first-order valence-corrected chi connectivity index (χ1v) is 6.92. The summed E-state index contributed by atoms with van der Waals surface area (Å²) in [6.45, 7) is 0. The van der Waals surface area contributed by atoms with Gasteiger partial charge in [-0.15, -0.1) is 0 Å². The lowest BCUT2D eigenvalue weighted by Crippen LogP contribution is -2.39. The number of sulfonamides is 1. The first-order chi connectivity index (χ1) is 7.49. The fraction of sp³-hybridized carbons (Fsp3) is 0.400. The molecule has 1 saturated carbocycles. The van der Waals surface area contributed by atoms with E-state index in [2.05, 4.69) is 4.72 Å². The van der Waals surface area contributed by atoms with Crippen LogP contribution in [0.4, 0.5) is 5.69 Å². The second-order valence-electron chi connectivity index (χ2n) is 3.94. The molecule has 0 amide bonds. The van der Waals surface area contributed by atoms with Crippen LogP contribution in [0.3, 0.4) is 0 Å². The molecule has 0 heterocycles. The van der Waals surface area contributed by atoms with E-state index in [1.165, 1.54) is 12.1 Å². The Hall–Kier alpha value is -0.780. The maximum absolute atomic E-state index is 12.0. The molecule has 1 fully saturated rings. The van der Waals surface area contributed by atoms with Crippen LogP contribution in [0, 0.1) is 0 Å². The number of nitrogen functional groups attached to an aromatic ring is 1. The molecular formula is C10H13ClN2O2S. The zero-order valence-corrected chi connectivity index (χ0v) is 10.2. The van der Waals surface area contributed by atoms with Crippen LogP contribution in [-0.4, -0.2) is 14.5 Å². The van der Waals surface area contributed by atoms with Gasteiger partial charge in [-0.3, -0.25) is 0 Å². The molecule has 2 rings (SSSR count). The van der Waals surface area contributed by atoms with Gasteiger partial charge in [0, 0.05) is 11.7 Å². The van der Waals surface area contributed by atoms with Gasteiger partial charge >= 0.3 is 0 Å². The third-order valence-electron chi connectivity index (χ3n) is 2.67. The summed E-state index contributed by atoms with van der Waals surface area (Å²) < 4.78 is 26.5. The summed E-state index contributed by atoms with van der Waals surface area (Å²) in [6.07, 6.45) is 2.84. The maximum Gasteiger partial charge on any atom is 0.242 e. The summed E-state index contributed by atoms with van der Waals surface area (Å²) in [7, 11) is -3.54. The second-order valence-corrected chi connectivity index (χ2v) is 6.03. The molecule has 1 aliphatic rings. The molecule has 88 valence electrons. The Morgan fingerprint density at radius 2 is 2.06 bits per heavy atom. The van der Waals surface area contributed by atoms with Crippen molar-refractivity contribution in [2.75, 3.05) is 5.73 Å². The third kappa shape index (κ3) is 2.31. The molecule has 0 aromatic heterocycles. The largest absolute Gasteiger partial charge is 0.399 e. The molecule has 0 spiro atoms. The molecule has 1 aromatic rings. The van der Waals surface area contributed by atoms with E-state index in [1.54, 1.807) is 6.07 Å². The quantitative estimate of drug-likeness (QED) is 0.814. The minimum Gasteiger partial charge on any atom is -0.399 e. The number of halogens is 1. The Kier molecular flexibility index (Phi) is 3.10. The lowest BCUT2D eigenvalue weighted by atomic mass is 9.94. The zero-order valence-electron chi connectivity index (χ0n) is 8.61. The van der Waals surface area contributed by atoms with Gasteiger partial charge in [-0.2, -0.15) is 0 Å². The van der Waals surface area contributed by atoms with Crippen molar-refractivity contribution in [3.63, 3.8) is 0 Å². The average molecular weight is 261 g/mol. The third-order valence-corrected chi connectivity index (χ3v) is 4.67. The monoisotopic (exact) mass is 260 g/mol. The van der Waals surface area contributed by atoms with E-state index >= 15 is 0 Å². The molecule has 3 N–H and O–H groups in total. The van der Waals surface area contributed by atoms with E-state index in [9.17, 15) is 8.42 Å². The van der Waals surface area contributed by atoms with Gasteiger partial charge in [0.05, 0.1) is 5.02 Å². The number of nitrogens with two attached hydrogens (primary N) is 1. The van der Waals surface area contributed by atoms with E-state index in [0.29, 0.717) is 5.69 Å². The first kappa shape index (κ1) is 11.7. The first-order valence-electron chi connectivity index (χ1n) is 5.06. The van der Waals surface area contributed by atoms with Gasteiger partial charge in [0.2, 0.25) is 10.0 Å². The smallest absolute Gasteiger partial charge is 0.242 e. The van der Waals surface area contributed by atoms with Crippen molar-refractivity contribution in [2.24, 2.45) is 0 Å². The van der Waals surface area contributed by atoms with Crippen molar-refractivity contribution < 1.29 is 8.42 Å². The van der Waals surface area contributed by atoms with Crippen molar-refractivity contribution in [1.29, 1.82) is 0 Å². The van der Waals surface area contributed by atoms with Gasteiger partial charge in [-0.05, 0) is 31.0 Å². The Labute approximate surface area is 99.8 Å². The fourth-order valence-corrected chi connectivity index (χ4v) is 3.37. The number of anilines is 1. The van der Waals surface area contributed by atoms with Crippen molar-refractivity contribution >= 4 is 27.3 Å². The highest BCUT2D eigenvalue weighted by molar-refractivity contribution is 7.89. The molecule has 0 bridgehead atoms. The number of hydrogen-bond donors (Lipinski definition) is 2. The van der Waals surface area contributed by atoms with Crippen LogP contribution in [0.5, 0.6) is 0 Å². The normalized spacial score (nSPS) is 17.1. The predicted molar refractivity (Wildman–Crippen MR) is 63.8 cm³/mol. The van der Waals surface area contributed by atoms with E-state index in [1.807, 2.05) is 0 Å². The topological polar surface area (TPSA) is 72.2 Å². The molecule has 0 atom stereocenters. The molecule has 0 aliphatic heterocycles. The van der Waals surface area contributed by atoms with Crippen LogP contribution >= 0.6 is 11.6 Å².